The Balaban J connectivity index is 1.47. The fourth-order valence-corrected chi connectivity index (χ4v) is 4.67. The van der Waals surface area contributed by atoms with Gasteiger partial charge in [-0.1, -0.05) is 13.8 Å². The van der Waals surface area contributed by atoms with Gasteiger partial charge in [0.15, 0.2) is 5.96 Å². The summed E-state index contributed by atoms with van der Waals surface area (Å²) >= 11 is 0. The van der Waals surface area contributed by atoms with Crippen molar-refractivity contribution in [3.63, 3.8) is 0 Å². The van der Waals surface area contributed by atoms with Gasteiger partial charge >= 0.3 is 0 Å². The van der Waals surface area contributed by atoms with E-state index in [1.165, 1.54) is 32.4 Å². The van der Waals surface area contributed by atoms with Gasteiger partial charge in [0.25, 0.3) is 5.91 Å². The maximum atomic E-state index is 12.5. The van der Waals surface area contributed by atoms with Crippen LogP contribution in [0.5, 0.6) is 0 Å². The van der Waals surface area contributed by atoms with Crippen molar-refractivity contribution in [1.29, 1.82) is 0 Å². The van der Waals surface area contributed by atoms with Crippen LogP contribution in [0, 0.1) is 5.92 Å². The van der Waals surface area contributed by atoms with Crippen LogP contribution in [0.4, 0.5) is 0 Å². The Hall–Kier alpha value is -1.34. The van der Waals surface area contributed by atoms with Crippen LogP contribution in [0.15, 0.2) is 4.99 Å². The van der Waals surface area contributed by atoms with Crippen molar-refractivity contribution >= 4 is 11.9 Å². The van der Waals surface area contributed by atoms with Gasteiger partial charge in [0.1, 0.15) is 6.10 Å². The third-order valence-electron chi connectivity index (χ3n) is 6.20. The zero-order valence-corrected chi connectivity index (χ0v) is 18.0. The highest BCUT2D eigenvalue weighted by atomic mass is 16.5. The number of piperazine rings is 1. The first kappa shape index (κ1) is 21.4. The molecule has 3 rings (SSSR count). The smallest absolute Gasteiger partial charge is 0.251 e. The van der Waals surface area contributed by atoms with E-state index in [1.807, 2.05) is 11.9 Å². The predicted octanol–water partition coefficient (Wildman–Crippen LogP) is 1.40. The number of hydrogen-bond donors (Lipinski definition) is 1. The molecule has 0 aromatic carbocycles. The Kier molecular flexibility index (Phi) is 7.97. The fraction of sp³-hybridized carbons (Fsp3) is 0.905. The summed E-state index contributed by atoms with van der Waals surface area (Å²) in [4.78, 5) is 24.0. The summed E-state index contributed by atoms with van der Waals surface area (Å²) in [5.74, 6) is 1.84. The molecule has 3 aliphatic rings. The number of aliphatic imine (C=N–C) groups is 1. The van der Waals surface area contributed by atoms with Gasteiger partial charge in [-0.3, -0.25) is 14.7 Å². The number of rotatable bonds is 6. The van der Waals surface area contributed by atoms with E-state index >= 15 is 0 Å². The molecule has 160 valence electrons. The Bertz CT molecular complexity index is 519. The lowest BCUT2D eigenvalue weighted by atomic mass is 10.0. The van der Waals surface area contributed by atoms with Gasteiger partial charge < -0.3 is 19.9 Å². The fourth-order valence-electron chi connectivity index (χ4n) is 4.67. The molecular weight excluding hydrogens is 354 g/mol. The van der Waals surface area contributed by atoms with Crippen LogP contribution in [0.1, 0.15) is 46.0 Å². The van der Waals surface area contributed by atoms with E-state index in [-0.39, 0.29) is 12.0 Å². The summed E-state index contributed by atoms with van der Waals surface area (Å²) in [5.41, 5.74) is 0. The van der Waals surface area contributed by atoms with Crippen LogP contribution in [0.25, 0.3) is 0 Å². The molecule has 1 N–H and O–H groups in total. The van der Waals surface area contributed by atoms with Crippen molar-refractivity contribution in [3.05, 3.63) is 0 Å². The molecule has 7 heteroatoms. The number of ether oxygens (including phenoxy) is 1. The summed E-state index contributed by atoms with van der Waals surface area (Å²) in [6.45, 7) is 11.9. The molecule has 0 aliphatic carbocycles. The molecule has 3 fully saturated rings. The average molecular weight is 394 g/mol. The third kappa shape index (κ3) is 5.60. The van der Waals surface area contributed by atoms with Crippen molar-refractivity contribution in [3.8, 4) is 0 Å². The van der Waals surface area contributed by atoms with Crippen LogP contribution in [0.2, 0.25) is 0 Å². The number of nitrogens with zero attached hydrogens (tertiary/aromatic N) is 4. The maximum Gasteiger partial charge on any atom is 0.251 e. The molecule has 0 aromatic rings. The summed E-state index contributed by atoms with van der Waals surface area (Å²) in [6, 6.07) is 0.571. The second kappa shape index (κ2) is 10.4. The zero-order valence-electron chi connectivity index (χ0n) is 18.0. The molecule has 3 saturated heterocycles. The number of hydrogen-bond acceptors (Lipinski definition) is 4. The van der Waals surface area contributed by atoms with Gasteiger partial charge in [0, 0.05) is 52.4 Å². The standard InChI is InChI=1S/C21H39N5O2/c1-17(2)15-18(24-8-4-5-9-24)16-23-21(22-3)26-12-10-25(11-13-26)20(27)19-7-6-14-28-19/h17-19H,4-16H2,1-3H3,(H,22,23). The molecular formula is C21H39N5O2. The summed E-state index contributed by atoms with van der Waals surface area (Å²) < 4.78 is 5.56. The monoisotopic (exact) mass is 393 g/mol. The largest absolute Gasteiger partial charge is 0.368 e. The van der Waals surface area contributed by atoms with Crippen LogP contribution >= 0.6 is 0 Å². The van der Waals surface area contributed by atoms with Crippen molar-refractivity contribution in [2.75, 3.05) is 59.5 Å². The molecule has 3 aliphatic heterocycles. The zero-order chi connectivity index (χ0) is 19.9. The number of guanidine groups is 1. The molecule has 28 heavy (non-hydrogen) atoms. The minimum Gasteiger partial charge on any atom is -0.368 e. The quantitative estimate of drug-likeness (QED) is 0.546. The molecule has 1 amide bonds. The summed E-state index contributed by atoms with van der Waals surface area (Å²) in [5, 5.41) is 3.63. The van der Waals surface area contributed by atoms with E-state index < -0.39 is 0 Å². The maximum absolute atomic E-state index is 12.5. The van der Waals surface area contributed by atoms with E-state index in [9.17, 15) is 4.79 Å². The van der Waals surface area contributed by atoms with E-state index in [2.05, 4.69) is 34.0 Å². The van der Waals surface area contributed by atoms with Crippen LogP contribution in [0.3, 0.4) is 0 Å². The van der Waals surface area contributed by atoms with Gasteiger partial charge in [-0.05, 0) is 51.1 Å². The van der Waals surface area contributed by atoms with Gasteiger partial charge in [0.05, 0.1) is 0 Å². The highest BCUT2D eigenvalue weighted by molar-refractivity contribution is 5.82. The Morgan fingerprint density at radius 2 is 1.75 bits per heavy atom. The normalized spacial score (nSPS) is 25.6. The van der Waals surface area contributed by atoms with Crippen molar-refractivity contribution in [2.24, 2.45) is 10.9 Å². The second-order valence-corrected chi connectivity index (χ2v) is 8.77. The lowest BCUT2D eigenvalue weighted by Gasteiger charge is -2.38. The molecule has 7 nitrogen and oxygen atoms in total. The molecule has 2 atom stereocenters. The molecule has 2 unspecified atom stereocenters. The van der Waals surface area contributed by atoms with Crippen LogP contribution in [-0.2, 0) is 9.53 Å². The third-order valence-corrected chi connectivity index (χ3v) is 6.20. The Morgan fingerprint density at radius 3 is 2.32 bits per heavy atom. The topological polar surface area (TPSA) is 60.4 Å². The minimum atomic E-state index is -0.207. The van der Waals surface area contributed by atoms with E-state index in [0.717, 1.165) is 58.1 Å². The number of nitrogens with one attached hydrogen (secondary N) is 1. The Morgan fingerprint density at radius 1 is 1.07 bits per heavy atom. The first-order valence-electron chi connectivity index (χ1n) is 11.2. The Labute approximate surface area is 170 Å². The van der Waals surface area contributed by atoms with E-state index in [0.29, 0.717) is 12.0 Å². The summed E-state index contributed by atoms with van der Waals surface area (Å²) in [7, 11) is 1.86. The lowest BCUT2D eigenvalue weighted by Crippen LogP contribution is -2.56. The average Bonchev–Trinajstić information content (AvgIpc) is 3.41. The molecule has 3 heterocycles. The lowest BCUT2D eigenvalue weighted by molar-refractivity contribution is -0.142. The van der Waals surface area contributed by atoms with Gasteiger partial charge in [-0.25, -0.2) is 0 Å². The minimum absolute atomic E-state index is 0.172. The SMILES string of the molecule is CN=C(NCC(CC(C)C)N1CCCC1)N1CCN(C(=O)C2CCCO2)CC1. The number of carbonyl (C=O) groups is 1. The molecule has 0 aromatic heterocycles. The number of likely N-dealkylation sites (tertiary alicyclic amines) is 1. The highest BCUT2D eigenvalue weighted by Crippen LogP contribution is 2.18. The van der Waals surface area contributed by atoms with Crippen LogP contribution in [-0.4, -0.2) is 98.2 Å². The van der Waals surface area contributed by atoms with E-state index in [1.54, 1.807) is 0 Å². The van der Waals surface area contributed by atoms with Gasteiger partial charge in [0.2, 0.25) is 0 Å². The van der Waals surface area contributed by atoms with Crippen molar-refractivity contribution in [2.45, 2.75) is 58.1 Å². The number of amides is 1. The molecule has 0 spiro atoms. The van der Waals surface area contributed by atoms with Crippen LogP contribution < -0.4 is 5.32 Å². The second-order valence-electron chi connectivity index (χ2n) is 8.77. The first-order chi connectivity index (χ1) is 13.6. The van der Waals surface area contributed by atoms with Crippen molar-refractivity contribution < 1.29 is 9.53 Å². The van der Waals surface area contributed by atoms with Gasteiger partial charge in [-0.2, -0.15) is 0 Å². The molecule has 0 radical (unpaired) electrons. The highest BCUT2D eigenvalue weighted by Gasteiger charge is 2.31. The first-order valence-corrected chi connectivity index (χ1v) is 11.2. The van der Waals surface area contributed by atoms with Gasteiger partial charge in [-0.15, -0.1) is 0 Å². The summed E-state index contributed by atoms with van der Waals surface area (Å²) in [6.07, 6.45) is 5.53. The number of carbonyl (C=O) groups excluding carboxylic acids is 1. The predicted molar refractivity (Wildman–Crippen MR) is 113 cm³/mol. The van der Waals surface area contributed by atoms with Crippen molar-refractivity contribution in [1.82, 2.24) is 20.0 Å². The molecule has 0 saturated carbocycles. The molecule has 0 bridgehead atoms. The van der Waals surface area contributed by atoms with E-state index in [4.69, 9.17) is 4.74 Å².